The summed E-state index contributed by atoms with van der Waals surface area (Å²) in [6.45, 7) is 8.13. The first-order valence-electron chi connectivity index (χ1n) is 9.94. The standard InChI is InChI=1S/C23H25N3O4/c1-12-7-16-17(8-13(12)2)25-22(15-9-14(26(29)30)5-6-19(15)27)21-18(24-16)10-23(3,4)11-20(21)28/h5-9,22,24-25,27H,10-11H2,1-4H3/t22-/m0/s1. The number of aromatic hydroxyl groups is 1. The first-order valence-corrected chi connectivity index (χ1v) is 9.94. The number of nitro groups is 1. The first-order chi connectivity index (χ1) is 14.1. The van der Waals surface area contributed by atoms with Gasteiger partial charge in [-0.1, -0.05) is 13.8 Å². The van der Waals surface area contributed by atoms with E-state index in [1.165, 1.54) is 18.2 Å². The van der Waals surface area contributed by atoms with Gasteiger partial charge in [-0.2, -0.15) is 0 Å². The molecule has 0 amide bonds. The molecular formula is C23H25N3O4. The van der Waals surface area contributed by atoms with Crippen molar-refractivity contribution in [3.05, 3.63) is 68.4 Å². The summed E-state index contributed by atoms with van der Waals surface area (Å²) in [4.78, 5) is 24.1. The Kier molecular flexibility index (Phi) is 4.56. The van der Waals surface area contributed by atoms with Gasteiger partial charge in [0.25, 0.3) is 5.69 Å². The number of nitrogens with one attached hydrogen (secondary N) is 2. The third-order valence-corrected chi connectivity index (χ3v) is 5.96. The number of fused-ring (bicyclic) bond motifs is 1. The number of phenolic OH excluding ortho intramolecular Hbond substituents is 1. The molecule has 4 rings (SSSR count). The number of phenols is 1. The second-order valence-corrected chi connectivity index (χ2v) is 9.02. The van der Waals surface area contributed by atoms with E-state index in [0.717, 1.165) is 28.2 Å². The number of nitrogens with zero attached hydrogens (tertiary/aromatic N) is 1. The van der Waals surface area contributed by atoms with Crippen molar-refractivity contribution in [1.29, 1.82) is 0 Å². The highest BCUT2D eigenvalue weighted by molar-refractivity contribution is 6.01. The molecule has 1 heterocycles. The number of benzene rings is 2. The topological polar surface area (TPSA) is 104 Å². The fourth-order valence-corrected chi connectivity index (χ4v) is 4.33. The van der Waals surface area contributed by atoms with E-state index in [4.69, 9.17) is 0 Å². The number of allylic oxidation sites excluding steroid dienone is 1. The van der Waals surface area contributed by atoms with E-state index in [2.05, 4.69) is 24.5 Å². The van der Waals surface area contributed by atoms with Crippen molar-refractivity contribution < 1.29 is 14.8 Å². The van der Waals surface area contributed by atoms with Crippen molar-refractivity contribution in [2.75, 3.05) is 10.6 Å². The van der Waals surface area contributed by atoms with E-state index >= 15 is 0 Å². The summed E-state index contributed by atoms with van der Waals surface area (Å²) in [5.74, 6) is -0.117. The number of carbonyl (C=O) groups excluding carboxylic acids is 1. The number of rotatable bonds is 2. The second kappa shape index (κ2) is 6.86. The van der Waals surface area contributed by atoms with Crippen molar-refractivity contribution in [3.63, 3.8) is 0 Å². The van der Waals surface area contributed by atoms with Gasteiger partial charge in [0.05, 0.1) is 22.3 Å². The van der Waals surface area contributed by atoms with Gasteiger partial charge in [0.2, 0.25) is 0 Å². The van der Waals surface area contributed by atoms with Crippen LogP contribution in [0.25, 0.3) is 0 Å². The first kappa shape index (κ1) is 19.9. The smallest absolute Gasteiger partial charge is 0.270 e. The van der Waals surface area contributed by atoms with Gasteiger partial charge in [0.1, 0.15) is 5.75 Å². The van der Waals surface area contributed by atoms with Gasteiger partial charge in [-0.15, -0.1) is 0 Å². The Morgan fingerprint density at radius 3 is 2.43 bits per heavy atom. The van der Waals surface area contributed by atoms with E-state index in [0.29, 0.717) is 24.0 Å². The van der Waals surface area contributed by atoms with Crippen LogP contribution in [0.5, 0.6) is 5.75 Å². The van der Waals surface area contributed by atoms with Crippen LogP contribution >= 0.6 is 0 Å². The SMILES string of the molecule is Cc1cc2c(cc1C)N[C@@H](c1cc([N+](=O)[O-])ccc1O)C1=C(CC(C)(C)CC1=O)N2. The Morgan fingerprint density at radius 1 is 1.10 bits per heavy atom. The molecule has 3 N–H and O–H groups in total. The quantitative estimate of drug-likeness (QED) is 0.470. The van der Waals surface area contributed by atoms with Crippen LogP contribution < -0.4 is 10.6 Å². The minimum atomic E-state index is -0.695. The van der Waals surface area contributed by atoms with Gasteiger partial charge >= 0.3 is 0 Å². The van der Waals surface area contributed by atoms with Crippen molar-refractivity contribution >= 4 is 22.8 Å². The maximum Gasteiger partial charge on any atom is 0.270 e. The molecule has 2 aromatic carbocycles. The fraction of sp³-hybridized carbons (Fsp3) is 0.348. The van der Waals surface area contributed by atoms with Crippen LogP contribution in [0, 0.1) is 29.4 Å². The highest BCUT2D eigenvalue weighted by Gasteiger charge is 2.39. The molecule has 0 unspecified atom stereocenters. The van der Waals surface area contributed by atoms with Gasteiger partial charge in [0, 0.05) is 35.4 Å². The molecule has 7 nitrogen and oxygen atoms in total. The lowest BCUT2D eigenvalue weighted by Gasteiger charge is -2.34. The Bertz CT molecular complexity index is 1120. The van der Waals surface area contributed by atoms with Crippen LogP contribution in [0.15, 0.2) is 41.6 Å². The molecule has 0 radical (unpaired) electrons. The molecule has 0 bridgehead atoms. The highest BCUT2D eigenvalue weighted by Crippen LogP contribution is 2.47. The minimum absolute atomic E-state index is 0.0293. The van der Waals surface area contributed by atoms with E-state index < -0.39 is 11.0 Å². The number of anilines is 2. The zero-order chi connectivity index (χ0) is 21.8. The summed E-state index contributed by atoms with van der Waals surface area (Å²) in [7, 11) is 0. The van der Waals surface area contributed by atoms with Gasteiger partial charge < -0.3 is 15.7 Å². The summed E-state index contributed by atoms with van der Waals surface area (Å²) < 4.78 is 0. The molecule has 1 atom stereocenters. The van der Waals surface area contributed by atoms with Gasteiger partial charge in [0.15, 0.2) is 5.78 Å². The maximum absolute atomic E-state index is 13.2. The molecule has 7 heteroatoms. The van der Waals surface area contributed by atoms with Crippen LogP contribution in [-0.2, 0) is 4.79 Å². The Balaban J connectivity index is 1.95. The van der Waals surface area contributed by atoms with Gasteiger partial charge in [-0.25, -0.2) is 0 Å². The molecule has 156 valence electrons. The number of aryl methyl sites for hydroxylation is 2. The van der Waals surface area contributed by atoms with E-state index in [1.807, 2.05) is 26.0 Å². The Morgan fingerprint density at radius 2 is 1.77 bits per heavy atom. The van der Waals surface area contributed by atoms with Crippen LogP contribution in [0.3, 0.4) is 0 Å². The minimum Gasteiger partial charge on any atom is -0.508 e. The molecule has 0 saturated heterocycles. The maximum atomic E-state index is 13.2. The van der Waals surface area contributed by atoms with E-state index in [-0.39, 0.29) is 22.6 Å². The van der Waals surface area contributed by atoms with Crippen LogP contribution in [0.1, 0.15) is 49.4 Å². The zero-order valence-electron chi connectivity index (χ0n) is 17.5. The van der Waals surface area contributed by atoms with Crippen molar-refractivity contribution in [2.24, 2.45) is 5.41 Å². The van der Waals surface area contributed by atoms with Crippen LogP contribution in [0.2, 0.25) is 0 Å². The Hall–Kier alpha value is -3.35. The Labute approximate surface area is 175 Å². The summed E-state index contributed by atoms with van der Waals surface area (Å²) in [5.41, 5.74) is 5.13. The number of hydrogen-bond acceptors (Lipinski definition) is 6. The predicted molar refractivity (Wildman–Crippen MR) is 116 cm³/mol. The summed E-state index contributed by atoms with van der Waals surface area (Å²) in [6, 6.07) is 7.25. The average Bonchev–Trinajstić information content (AvgIpc) is 2.78. The zero-order valence-corrected chi connectivity index (χ0v) is 17.5. The van der Waals surface area contributed by atoms with Crippen LogP contribution in [0.4, 0.5) is 17.1 Å². The third kappa shape index (κ3) is 3.40. The number of hydrogen-bond donors (Lipinski definition) is 3. The molecule has 1 aliphatic heterocycles. The lowest BCUT2D eigenvalue weighted by Crippen LogP contribution is -2.31. The summed E-state index contributed by atoms with van der Waals surface area (Å²) in [6.07, 6.45) is 1.03. The lowest BCUT2D eigenvalue weighted by molar-refractivity contribution is -0.384. The molecular weight excluding hydrogens is 382 g/mol. The molecule has 0 aromatic heterocycles. The molecule has 0 spiro atoms. The normalized spacial score (nSPS) is 19.9. The van der Waals surface area contributed by atoms with Gasteiger partial charge in [-0.05, 0) is 55.0 Å². The predicted octanol–water partition coefficient (Wildman–Crippen LogP) is 5.14. The summed E-state index contributed by atoms with van der Waals surface area (Å²) >= 11 is 0. The molecule has 2 aromatic rings. The van der Waals surface area contributed by atoms with Crippen molar-refractivity contribution in [2.45, 2.75) is 46.6 Å². The number of Topliss-reactive ketones (excluding diaryl/α,β-unsaturated/α-hetero) is 1. The molecule has 0 fully saturated rings. The summed E-state index contributed by atoms with van der Waals surface area (Å²) in [5, 5.41) is 28.7. The molecule has 0 saturated carbocycles. The molecule has 2 aliphatic rings. The fourth-order valence-electron chi connectivity index (χ4n) is 4.33. The van der Waals surface area contributed by atoms with Crippen molar-refractivity contribution in [3.8, 4) is 5.75 Å². The lowest BCUT2D eigenvalue weighted by atomic mass is 9.73. The highest BCUT2D eigenvalue weighted by atomic mass is 16.6. The number of non-ortho nitro benzene ring substituents is 1. The van der Waals surface area contributed by atoms with E-state index in [1.54, 1.807) is 0 Å². The molecule has 1 aliphatic carbocycles. The second-order valence-electron chi connectivity index (χ2n) is 9.02. The van der Waals surface area contributed by atoms with Crippen molar-refractivity contribution in [1.82, 2.24) is 0 Å². The monoisotopic (exact) mass is 407 g/mol. The van der Waals surface area contributed by atoms with Crippen LogP contribution in [-0.4, -0.2) is 15.8 Å². The van der Waals surface area contributed by atoms with E-state index in [9.17, 15) is 20.0 Å². The number of ketones is 1. The molecule has 30 heavy (non-hydrogen) atoms. The number of carbonyl (C=O) groups is 1. The van der Waals surface area contributed by atoms with Gasteiger partial charge in [-0.3, -0.25) is 14.9 Å². The average molecular weight is 407 g/mol. The number of nitro benzene ring substituents is 1. The third-order valence-electron chi connectivity index (χ3n) is 5.96. The largest absolute Gasteiger partial charge is 0.508 e.